The molecule has 0 aliphatic rings. The van der Waals surface area contributed by atoms with Crippen molar-refractivity contribution >= 4 is 11.3 Å². The van der Waals surface area contributed by atoms with E-state index in [9.17, 15) is 0 Å². The molecule has 0 aliphatic heterocycles. The lowest BCUT2D eigenvalue weighted by Gasteiger charge is -2.05. The number of benzene rings is 1. The van der Waals surface area contributed by atoms with Crippen LogP contribution in [0.15, 0.2) is 24.3 Å². The van der Waals surface area contributed by atoms with E-state index in [0.717, 1.165) is 31.6 Å². The number of ether oxygens (including phenoxy) is 1. The van der Waals surface area contributed by atoms with Crippen LogP contribution in [0.5, 0.6) is 5.75 Å². The van der Waals surface area contributed by atoms with Gasteiger partial charge in [0.25, 0.3) is 0 Å². The van der Waals surface area contributed by atoms with Gasteiger partial charge in [0.05, 0.1) is 17.3 Å². The van der Waals surface area contributed by atoms with Crippen LogP contribution < -0.4 is 10.1 Å². The molecule has 0 saturated heterocycles. The highest BCUT2D eigenvalue weighted by molar-refractivity contribution is 7.11. The molecule has 1 N–H and O–H groups in total. The number of rotatable bonds is 8. The van der Waals surface area contributed by atoms with Crippen LogP contribution in [0.3, 0.4) is 0 Å². The SMILES string of the molecule is CCc1ccc(OCCc2nc(CC)c(CNC)s2)cc1. The van der Waals surface area contributed by atoms with Gasteiger partial charge in [-0.3, -0.25) is 0 Å². The molecular weight excluding hydrogens is 280 g/mol. The lowest BCUT2D eigenvalue weighted by molar-refractivity contribution is 0.321. The average molecular weight is 304 g/mol. The van der Waals surface area contributed by atoms with E-state index in [1.165, 1.54) is 21.1 Å². The number of aromatic nitrogens is 1. The molecular formula is C17H24N2OS. The van der Waals surface area contributed by atoms with Crippen molar-refractivity contribution in [3.63, 3.8) is 0 Å². The molecule has 0 fully saturated rings. The van der Waals surface area contributed by atoms with E-state index in [-0.39, 0.29) is 0 Å². The van der Waals surface area contributed by atoms with E-state index < -0.39 is 0 Å². The Morgan fingerprint density at radius 1 is 1.14 bits per heavy atom. The van der Waals surface area contributed by atoms with Crippen LogP contribution in [0.2, 0.25) is 0 Å². The van der Waals surface area contributed by atoms with Crippen LogP contribution in [0, 0.1) is 0 Å². The Balaban J connectivity index is 1.87. The van der Waals surface area contributed by atoms with Crippen molar-refractivity contribution in [3.8, 4) is 5.75 Å². The molecule has 0 amide bonds. The van der Waals surface area contributed by atoms with E-state index in [1.807, 2.05) is 19.2 Å². The van der Waals surface area contributed by atoms with Gasteiger partial charge in [-0.05, 0) is 37.6 Å². The van der Waals surface area contributed by atoms with E-state index in [0.29, 0.717) is 6.61 Å². The van der Waals surface area contributed by atoms with Crippen molar-refractivity contribution < 1.29 is 4.74 Å². The molecule has 0 unspecified atom stereocenters. The summed E-state index contributed by atoms with van der Waals surface area (Å²) in [6, 6.07) is 8.34. The molecule has 1 aromatic carbocycles. The molecule has 21 heavy (non-hydrogen) atoms. The van der Waals surface area contributed by atoms with Crippen molar-refractivity contribution in [2.24, 2.45) is 0 Å². The Labute approximate surface area is 131 Å². The molecule has 0 saturated carbocycles. The number of thiazole rings is 1. The fourth-order valence-electron chi connectivity index (χ4n) is 2.20. The Morgan fingerprint density at radius 3 is 2.52 bits per heavy atom. The number of aryl methyl sites for hydroxylation is 2. The maximum Gasteiger partial charge on any atom is 0.119 e. The van der Waals surface area contributed by atoms with Crippen LogP contribution in [0.25, 0.3) is 0 Å². The summed E-state index contributed by atoms with van der Waals surface area (Å²) < 4.78 is 5.80. The third-order valence-corrected chi connectivity index (χ3v) is 4.57. The summed E-state index contributed by atoms with van der Waals surface area (Å²) in [5, 5.41) is 4.37. The number of hydrogen-bond donors (Lipinski definition) is 1. The molecule has 2 rings (SSSR count). The highest BCUT2D eigenvalue weighted by atomic mass is 32.1. The van der Waals surface area contributed by atoms with Gasteiger partial charge in [-0.2, -0.15) is 0 Å². The summed E-state index contributed by atoms with van der Waals surface area (Å²) in [5.41, 5.74) is 2.56. The van der Waals surface area contributed by atoms with Gasteiger partial charge in [-0.25, -0.2) is 4.98 Å². The van der Waals surface area contributed by atoms with Crippen LogP contribution >= 0.6 is 11.3 Å². The van der Waals surface area contributed by atoms with Gasteiger partial charge in [0.1, 0.15) is 5.75 Å². The zero-order valence-electron chi connectivity index (χ0n) is 13.1. The van der Waals surface area contributed by atoms with Gasteiger partial charge in [-0.1, -0.05) is 26.0 Å². The average Bonchev–Trinajstić information content (AvgIpc) is 2.90. The second-order valence-electron chi connectivity index (χ2n) is 4.96. The molecule has 1 aromatic heterocycles. The maximum atomic E-state index is 5.80. The summed E-state index contributed by atoms with van der Waals surface area (Å²) in [7, 11) is 1.97. The molecule has 0 atom stereocenters. The molecule has 4 heteroatoms. The third-order valence-electron chi connectivity index (χ3n) is 3.41. The summed E-state index contributed by atoms with van der Waals surface area (Å²) >= 11 is 1.80. The lowest BCUT2D eigenvalue weighted by Crippen LogP contribution is -2.05. The largest absolute Gasteiger partial charge is 0.493 e. The fourth-order valence-corrected chi connectivity index (χ4v) is 3.35. The van der Waals surface area contributed by atoms with Crippen LogP contribution in [0.1, 0.15) is 35.0 Å². The summed E-state index contributed by atoms with van der Waals surface area (Å²) in [5.74, 6) is 0.940. The van der Waals surface area contributed by atoms with Gasteiger partial charge < -0.3 is 10.1 Å². The first-order valence-electron chi connectivity index (χ1n) is 7.60. The minimum atomic E-state index is 0.682. The first-order valence-corrected chi connectivity index (χ1v) is 8.42. The smallest absolute Gasteiger partial charge is 0.119 e. The van der Waals surface area contributed by atoms with Gasteiger partial charge in [0, 0.05) is 17.8 Å². The second kappa shape index (κ2) is 8.15. The Kier molecular flexibility index (Phi) is 6.21. The van der Waals surface area contributed by atoms with E-state index >= 15 is 0 Å². The molecule has 1 heterocycles. The molecule has 3 nitrogen and oxygen atoms in total. The summed E-state index contributed by atoms with van der Waals surface area (Å²) in [4.78, 5) is 6.05. The predicted octanol–water partition coefficient (Wildman–Crippen LogP) is 3.61. The molecule has 114 valence electrons. The van der Waals surface area contributed by atoms with E-state index in [1.54, 1.807) is 11.3 Å². The minimum absolute atomic E-state index is 0.682. The second-order valence-corrected chi connectivity index (χ2v) is 6.13. The maximum absolute atomic E-state index is 5.80. The zero-order valence-corrected chi connectivity index (χ0v) is 13.9. The normalized spacial score (nSPS) is 10.8. The highest BCUT2D eigenvalue weighted by Gasteiger charge is 2.09. The van der Waals surface area contributed by atoms with Crippen LogP contribution in [-0.2, 0) is 25.8 Å². The Bertz CT molecular complexity index is 548. The first kappa shape index (κ1) is 16.0. The molecule has 0 bridgehead atoms. The molecule has 2 aromatic rings. The van der Waals surface area contributed by atoms with Gasteiger partial charge in [0.2, 0.25) is 0 Å². The van der Waals surface area contributed by atoms with Crippen molar-refractivity contribution in [2.75, 3.05) is 13.7 Å². The highest BCUT2D eigenvalue weighted by Crippen LogP contribution is 2.20. The standard InChI is InChI=1S/C17H24N2OS/c1-4-13-6-8-14(9-7-13)20-11-10-17-19-15(5-2)16(21-17)12-18-3/h6-9,18H,4-5,10-12H2,1-3H3. The third kappa shape index (κ3) is 4.55. The van der Waals surface area contributed by atoms with E-state index in [2.05, 4.69) is 31.3 Å². The first-order chi connectivity index (χ1) is 10.3. The number of hydrogen-bond acceptors (Lipinski definition) is 4. The van der Waals surface area contributed by atoms with Crippen LogP contribution in [-0.4, -0.2) is 18.6 Å². The summed E-state index contributed by atoms with van der Waals surface area (Å²) in [6.45, 7) is 5.90. The molecule has 0 aliphatic carbocycles. The monoisotopic (exact) mass is 304 g/mol. The van der Waals surface area contributed by atoms with Crippen LogP contribution in [0.4, 0.5) is 0 Å². The van der Waals surface area contributed by atoms with Crippen molar-refractivity contribution in [2.45, 2.75) is 39.7 Å². The minimum Gasteiger partial charge on any atom is -0.493 e. The molecule has 0 spiro atoms. The van der Waals surface area contributed by atoms with Crippen molar-refractivity contribution in [3.05, 3.63) is 45.4 Å². The number of nitrogens with zero attached hydrogens (tertiary/aromatic N) is 1. The molecule has 0 radical (unpaired) electrons. The fraction of sp³-hybridized carbons (Fsp3) is 0.471. The lowest BCUT2D eigenvalue weighted by atomic mass is 10.2. The topological polar surface area (TPSA) is 34.1 Å². The summed E-state index contributed by atoms with van der Waals surface area (Å²) in [6.07, 6.45) is 2.93. The Hall–Kier alpha value is -1.39. The zero-order chi connectivity index (χ0) is 15.1. The predicted molar refractivity (Wildman–Crippen MR) is 89.3 cm³/mol. The van der Waals surface area contributed by atoms with Crippen molar-refractivity contribution in [1.29, 1.82) is 0 Å². The van der Waals surface area contributed by atoms with Gasteiger partial charge >= 0.3 is 0 Å². The van der Waals surface area contributed by atoms with Crippen molar-refractivity contribution in [1.82, 2.24) is 10.3 Å². The van der Waals surface area contributed by atoms with E-state index in [4.69, 9.17) is 9.72 Å². The van der Waals surface area contributed by atoms with Gasteiger partial charge in [-0.15, -0.1) is 11.3 Å². The Morgan fingerprint density at radius 2 is 1.90 bits per heavy atom. The quantitative estimate of drug-likeness (QED) is 0.809. The van der Waals surface area contributed by atoms with Gasteiger partial charge in [0.15, 0.2) is 0 Å². The number of nitrogens with one attached hydrogen (secondary N) is 1.